The lowest BCUT2D eigenvalue weighted by Gasteiger charge is -2.29. The smallest absolute Gasteiger partial charge is 0.240 e. The number of aromatic amines is 1. The number of rotatable bonds is 11. The van der Waals surface area contributed by atoms with Gasteiger partial charge in [0.1, 0.15) is 0 Å². The second-order valence-electron chi connectivity index (χ2n) is 8.50. The SMILES string of the molecule is CCCc1cc(CN(C)C(=O)CC2(c3ccccc3Cl)CC(=O)N(CCCOC)C2=O)[nH]n1. The summed E-state index contributed by atoms with van der Waals surface area (Å²) in [7, 11) is 3.25. The molecule has 1 fully saturated rings. The van der Waals surface area contributed by atoms with E-state index in [4.69, 9.17) is 16.3 Å². The van der Waals surface area contributed by atoms with Crippen LogP contribution < -0.4 is 0 Å². The van der Waals surface area contributed by atoms with Crippen molar-refractivity contribution in [2.75, 3.05) is 27.3 Å². The second-order valence-corrected chi connectivity index (χ2v) is 8.90. The molecule has 1 N–H and O–H groups in total. The number of aryl methyl sites for hydroxylation is 1. The molecule has 0 aliphatic carbocycles. The lowest BCUT2D eigenvalue weighted by Crippen LogP contribution is -2.43. The molecule has 2 aromatic rings. The molecule has 1 unspecified atom stereocenters. The van der Waals surface area contributed by atoms with Crippen molar-refractivity contribution in [3.8, 4) is 0 Å². The molecule has 1 saturated heterocycles. The van der Waals surface area contributed by atoms with Gasteiger partial charge < -0.3 is 9.64 Å². The van der Waals surface area contributed by atoms with Crippen molar-refractivity contribution in [2.24, 2.45) is 0 Å². The van der Waals surface area contributed by atoms with Crippen LogP contribution in [0.3, 0.4) is 0 Å². The lowest BCUT2D eigenvalue weighted by atomic mass is 9.75. The van der Waals surface area contributed by atoms with Crippen LogP contribution in [-0.4, -0.2) is 65.0 Å². The molecule has 0 saturated carbocycles. The molecule has 9 heteroatoms. The van der Waals surface area contributed by atoms with Crippen molar-refractivity contribution in [2.45, 2.75) is 51.0 Å². The topological polar surface area (TPSA) is 95.6 Å². The summed E-state index contributed by atoms with van der Waals surface area (Å²) in [5.41, 5.74) is 0.947. The Labute approximate surface area is 199 Å². The minimum Gasteiger partial charge on any atom is -0.385 e. The van der Waals surface area contributed by atoms with Crippen LogP contribution >= 0.6 is 11.6 Å². The molecule has 3 amide bonds. The van der Waals surface area contributed by atoms with Gasteiger partial charge in [-0.05, 0) is 30.5 Å². The van der Waals surface area contributed by atoms with Crippen LogP contribution in [0.1, 0.15) is 49.6 Å². The van der Waals surface area contributed by atoms with Gasteiger partial charge >= 0.3 is 0 Å². The minimum absolute atomic E-state index is 0.0904. The molecule has 1 aliphatic rings. The van der Waals surface area contributed by atoms with Crippen LogP contribution in [0.15, 0.2) is 30.3 Å². The van der Waals surface area contributed by atoms with Crippen LogP contribution in [0.4, 0.5) is 0 Å². The van der Waals surface area contributed by atoms with E-state index in [1.807, 2.05) is 6.07 Å². The van der Waals surface area contributed by atoms with Crippen molar-refractivity contribution in [3.63, 3.8) is 0 Å². The lowest BCUT2D eigenvalue weighted by molar-refractivity contribution is -0.142. The number of H-pyrrole nitrogens is 1. The first-order valence-electron chi connectivity index (χ1n) is 11.2. The Morgan fingerprint density at radius 3 is 2.79 bits per heavy atom. The number of nitrogens with one attached hydrogen (secondary N) is 1. The maximum atomic E-state index is 13.6. The highest BCUT2D eigenvalue weighted by Crippen LogP contribution is 2.43. The molecule has 1 aromatic carbocycles. The molecule has 1 aliphatic heterocycles. The molecule has 0 bridgehead atoms. The molecule has 8 nitrogen and oxygen atoms in total. The third-order valence-corrected chi connectivity index (χ3v) is 6.33. The summed E-state index contributed by atoms with van der Waals surface area (Å²) in [6.07, 6.45) is 2.14. The van der Waals surface area contributed by atoms with Gasteiger partial charge in [-0.3, -0.25) is 24.4 Å². The summed E-state index contributed by atoms with van der Waals surface area (Å²) in [5, 5.41) is 7.60. The average Bonchev–Trinajstić information content (AvgIpc) is 3.31. The van der Waals surface area contributed by atoms with Gasteiger partial charge in [0.25, 0.3) is 0 Å². The summed E-state index contributed by atoms with van der Waals surface area (Å²) in [6, 6.07) is 8.88. The molecule has 178 valence electrons. The maximum Gasteiger partial charge on any atom is 0.240 e. The highest BCUT2D eigenvalue weighted by molar-refractivity contribution is 6.32. The summed E-state index contributed by atoms with van der Waals surface area (Å²) >= 11 is 6.47. The number of imide groups is 1. The van der Waals surface area contributed by atoms with Gasteiger partial charge in [-0.15, -0.1) is 0 Å². The van der Waals surface area contributed by atoms with Gasteiger partial charge in [0.05, 0.1) is 23.3 Å². The van der Waals surface area contributed by atoms with E-state index >= 15 is 0 Å². The standard InChI is InChI=1S/C24H31ClN4O4/c1-4-8-17-13-18(27-26-17)16-28(2)21(30)14-24(19-9-5-6-10-20(19)25)15-22(31)29(23(24)32)11-7-12-33-3/h5-6,9-10,13H,4,7-8,11-12,14-16H2,1-3H3,(H,26,27). The van der Waals surface area contributed by atoms with Gasteiger partial charge in [0, 0.05) is 45.2 Å². The number of halogens is 1. The predicted molar refractivity (Wildman–Crippen MR) is 125 cm³/mol. The largest absolute Gasteiger partial charge is 0.385 e. The normalized spacial score (nSPS) is 18.2. The number of carbonyl (C=O) groups excluding carboxylic acids is 3. The van der Waals surface area contributed by atoms with Crippen LogP contribution in [-0.2, 0) is 37.5 Å². The number of ether oxygens (including phenoxy) is 1. The van der Waals surface area contributed by atoms with Crippen LogP contribution in [0, 0.1) is 0 Å². The third-order valence-electron chi connectivity index (χ3n) is 6.00. The zero-order chi connectivity index (χ0) is 24.0. The Kier molecular flexibility index (Phi) is 8.26. The number of aromatic nitrogens is 2. The first-order chi connectivity index (χ1) is 15.8. The average molecular weight is 475 g/mol. The first kappa shape index (κ1) is 24.9. The fraction of sp³-hybridized carbons (Fsp3) is 0.500. The number of methoxy groups -OCH3 is 1. The van der Waals surface area contributed by atoms with E-state index in [9.17, 15) is 14.4 Å². The van der Waals surface area contributed by atoms with Crippen LogP contribution in [0.2, 0.25) is 5.02 Å². The monoisotopic (exact) mass is 474 g/mol. The van der Waals surface area contributed by atoms with E-state index in [0.29, 0.717) is 30.2 Å². The molecule has 33 heavy (non-hydrogen) atoms. The van der Waals surface area contributed by atoms with Gasteiger partial charge in [0.2, 0.25) is 17.7 Å². The van der Waals surface area contributed by atoms with E-state index < -0.39 is 5.41 Å². The molecule has 0 radical (unpaired) electrons. The number of benzene rings is 1. The number of nitrogens with zero attached hydrogens (tertiary/aromatic N) is 3. The maximum absolute atomic E-state index is 13.6. The summed E-state index contributed by atoms with van der Waals surface area (Å²) in [5.74, 6) is -0.934. The van der Waals surface area contributed by atoms with Crippen molar-refractivity contribution >= 4 is 29.3 Å². The summed E-state index contributed by atoms with van der Waals surface area (Å²) in [4.78, 5) is 42.5. The number of carbonyl (C=O) groups is 3. The van der Waals surface area contributed by atoms with Crippen molar-refractivity contribution < 1.29 is 19.1 Å². The number of hydrogen-bond donors (Lipinski definition) is 1. The Morgan fingerprint density at radius 1 is 1.33 bits per heavy atom. The van der Waals surface area contributed by atoms with Gasteiger partial charge in [0.15, 0.2) is 0 Å². The molecule has 1 atom stereocenters. The number of amides is 3. The van der Waals surface area contributed by atoms with Gasteiger partial charge in [-0.25, -0.2) is 0 Å². The van der Waals surface area contributed by atoms with E-state index in [-0.39, 0.29) is 37.1 Å². The van der Waals surface area contributed by atoms with Crippen molar-refractivity contribution in [1.82, 2.24) is 20.0 Å². The predicted octanol–water partition coefficient (Wildman–Crippen LogP) is 3.10. The third kappa shape index (κ3) is 5.45. The molecular formula is C24H31ClN4O4. The molecule has 0 spiro atoms. The van der Waals surface area contributed by atoms with Gasteiger partial charge in [-0.2, -0.15) is 5.10 Å². The van der Waals surface area contributed by atoms with Gasteiger partial charge in [-0.1, -0.05) is 43.1 Å². The minimum atomic E-state index is -1.32. The Bertz CT molecular complexity index is 1010. The zero-order valence-corrected chi connectivity index (χ0v) is 20.2. The van der Waals surface area contributed by atoms with E-state index in [0.717, 1.165) is 24.2 Å². The highest BCUT2D eigenvalue weighted by Gasteiger charge is 2.54. The summed E-state index contributed by atoms with van der Waals surface area (Å²) in [6.45, 7) is 3.09. The number of likely N-dealkylation sites (tertiary alicyclic amines) is 1. The molecule has 2 heterocycles. The Hall–Kier alpha value is -2.71. The van der Waals surface area contributed by atoms with E-state index in [1.54, 1.807) is 43.3 Å². The fourth-order valence-corrected chi connectivity index (χ4v) is 4.62. The molecule has 1 aromatic heterocycles. The van der Waals surface area contributed by atoms with Crippen molar-refractivity contribution in [3.05, 3.63) is 52.3 Å². The fourth-order valence-electron chi connectivity index (χ4n) is 4.30. The highest BCUT2D eigenvalue weighted by atomic mass is 35.5. The quantitative estimate of drug-likeness (QED) is 0.399. The number of hydrogen-bond acceptors (Lipinski definition) is 5. The van der Waals surface area contributed by atoms with Crippen molar-refractivity contribution in [1.29, 1.82) is 0 Å². The van der Waals surface area contributed by atoms with E-state index in [1.165, 1.54) is 4.90 Å². The summed E-state index contributed by atoms with van der Waals surface area (Å²) < 4.78 is 5.06. The Morgan fingerprint density at radius 2 is 2.09 bits per heavy atom. The Balaban J connectivity index is 1.84. The van der Waals surface area contributed by atoms with E-state index in [2.05, 4.69) is 17.1 Å². The zero-order valence-electron chi connectivity index (χ0n) is 19.4. The van der Waals surface area contributed by atoms with Crippen LogP contribution in [0.25, 0.3) is 0 Å². The second kappa shape index (κ2) is 10.9. The molecular weight excluding hydrogens is 444 g/mol. The van der Waals surface area contributed by atoms with Crippen LogP contribution in [0.5, 0.6) is 0 Å². The molecule has 3 rings (SSSR count). The first-order valence-corrected chi connectivity index (χ1v) is 11.6.